The molecule has 2 aromatic carbocycles. The molecule has 0 N–H and O–H groups in total. The molecule has 1 saturated heterocycles. The minimum absolute atomic E-state index is 0.190. The van der Waals surface area contributed by atoms with Crippen molar-refractivity contribution in [2.24, 2.45) is 0 Å². The predicted octanol–water partition coefficient (Wildman–Crippen LogP) is 9.22. The van der Waals surface area contributed by atoms with Gasteiger partial charge in [0.2, 0.25) is 0 Å². The van der Waals surface area contributed by atoms with Crippen molar-refractivity contribution in [1.29, 1.82) is 0 Å². The quantitative estimate of drug-likeness (QED) is 0.264. The van der Waals surface area contributed by atoms with Crippen LogP contribution >= 0.6 is 0 Å². The monoisotopic (exact) mass is 546 g/mol. The Hall–Kier alpha value is -2.53. The zero-order valence-electron chi connectivity index (χ0n) is 25.8. The van der Waals surface area contributed by atoms with Gasteiger partial charge >= 0.3 is 6.09 Å². The van der Waals surface area contributed by atoms with E-state index in [1.807, 2.05) is 25.7 Å². The van der Waals surface area contributed by atoms with Crippen LogP contribution in [0.5, 0.6) is 0 Å². The van der Waals surface area contributed by atoms with Crippen LogP contribution in [-0.2, 0) is 17.6 Å². The third kappa shape index (κ3) is 5.70. The highest BCUT2D eigenvalue weighted by Gasteiger charge is 2.47. The summed E-state index contributed by atoms with van der Waals surface area (Å²) in [7, 11) is -1.84. The first kappa shape index (κ1) is 29.4. The lowest BCUT2D eigenvalue weighted by atomic mass is 9.82. The molecule has 4 rings (SSSR count). The van der Waals surface area contributed by atoms with E-state index in [1.54, 1.807) is 0 Å². The molecule has 0 saturated carbocycles. The standard InChI is InChI=1S/C34H50N2O2Si/c1-25(2)39(26(3)4,27(5)6)36-21-18-30-22-29(16-17-31(30)36)24-34(23-28-14-11-10-12-15-28)19-13-20-35(34)32(37)38-33(7,8)9/h10-12,14-18,21-22,25-27H,13,19-20,23-24H2,1-9H3. The van der Waals surface area contributed by atoms with Crippen molar-refractivity contribution in [1.82, 2.24) is 9.13 Å². The highest BCUT2D eigenvalue weighted by Crippen LogP contribution is 2.44. The van der Waals surface area contributed by atoms with Gasteiger partial charge in [-0.1, -0.05) is 77.9 Å². The molecular weight excluding hydrogens is 496 g/mol. The van der Waals surface area contributed by atoms with E-state index in [9.17, 15) is 4.79 Å². The number of likely N-dealkylation sites (tertiary alicyclic amines) is 1. The molecule has 0 spiro atoms. The van der Waals surface area contributed by atoms with E-state index < -0.39 is 13.8 Å². The Morgan fingerprint density at radius 2 is 1.51 bits per heavy atom. The van der Waals surface area contributed by atoms with Crippen molar-refractivity contribution in [3.05, 3.63) is 71.9 Å². The van der Waals surface area contributed by atoms with Crippen molar-refractivity contribution < 1.29 is 9.53 Å². The second-order valence-corrected chi connectivity index (χ2v) is 19.4. The van der Waals surface area contributed by atoms with Crippen LogP contribution in [-0.4, -0.2) is 41.1 Å². The molecule has 4 nitrogen and oxygen atoms in total. The van der Waals surface area contributed by atoms with E-state index >= 15 is 0 Å². The molecule has 1 atom stereocenters. The van der Waals surface area contributed by atoms with Gasteiger partial charge < -0.3 is 13.9 Å². The third-order valence-electron chi connectivity index (χ3n) is 9.07. The Morgan fingerprint density at radius 3 is 2.10 bits per heavy atom. The van der Waals surface area contributed by atoms with Gasteiger partial charge in [0.05, 0.1) is 5.54 Å². The Bertz CT molecular complexity index is 1250. The maximum absolute atomic E-state index is 13.5. The molecule has 1 fully saturated rings. The third-order valence-corrected chi connectivity index (χ3v) is 15.8. The molecule has 1 aliphatic heterocycles. The Labute approximate surface area is 237 Å². The number of hydrogen-bond donors (Lipinski definition) is 0. The molecule has 1 aromatic heterocycles. The second kappa shape index (κ2) is 11.2. The molecule has 5 heteroatoms. The number of rotatable bonds is 8. The fraction of sp³-hybridized carbons (Fsp3) is 0.559. The predicted molar refractivity (Wildman–Crippen MR) is 167 cm³/mol. The van der Waals surface area contributed by atoms with Crippen LogP contribution in [0.3, 0.4) is 0 Å². The van der Waals surface area contributed by atoms with E-state index in [0.29, 0.717) is 16.6 Å². The first-order chi connectivity index (χ1) is 18.3. The largest absolute Gasteiger partial charge is 0.444 e. The molecule has 0 bridgehead atoms. The molecule has 2 heterocycles. The van der Waals surface area contributed by atoms with Gasteiger partial charge in [0.15, 0.2) is 8.24 Å². The number of amides is 1. The minimum atomic E-state index is -1.84. The molecule has 0 aliphatic carbocycles. The van der Waals surface area contributed by atoms with Crippen molar-refractivity contribution in [3.8, 4) is 0 Å². The topological polar surface area (TPSA) is 34.5 Å². The molecule has 1 unspecified atom stereocenters. The van der Waals surface area contributed by atoms with Crippen molar-refractivity contribution in [2.75, 3.05) is 6.54 Å². The fourth-order valence-corrected chi connectivity index (χ4v) is 14.4. The zero-order valence-corrected chi connectivity index (χ0v) is 26.8. The van der Waals surface area contributed by atoms with Crippen molar-refractivity contribution in [3.63, 3.8) is 0 Å². The van der Waals surface area contributed by atoms with Crippen LogP contribution in [0.25, 0.3) is 10.9 Å². The maximum atomic E-state index is 13.5. The molecule has 39 heavy (non-hydrogen) atoms. The first-order valence-corrected chi connectivity index (χ1v) is 17.1. The minimum Gasteiger partial charge on any atom is -0.444 e. The smallest absolute Gasteiger partial charge is 0.410 e. The first-order valence-electron chi connectivity index (χ1n) is 14.9. The van der Waals surface area contributed by atoms with Crippen LogP contribution in [0.1, 0.15) is 86.3 Å². The number of carbonyl (C=O) groups excluding carboxylic acids is 1. The van der Waals surface area contributed by atoms with Gasteiger partial charge in [-0.2, -0.15) is 0 Å². The van der Waals surface area contributed by atoms with Gasteiger partial charge in [0.25, 0.3) is 0 Å². The summed E-state index contributed by atoms with van der Waals surface area (Å²) in [6, 6.07) is 20.0. The zero-order chi connectivity index (χ0) is 28.6. The highest BCUT2D eigenvalue weighted by molar-refractivity contribution is 6.82. The van der Waals surface area contributed by atoms with E-state index in [2.05, 4.69) is 107 Å². The van der Waals surface area contributed by atoms with Gasteiger partial charge in [0, 0.05) is 12.1 Å². The molecule has 1 amide bonds. The Morgan fingerprint density at radius 1 is 0.897 bits per heavy atom. The summed E-state index contributed by atoms with van der Waals surface area (Å²) in [6.45, 7) is 21.1. The Balaban J connectivity index is 1.74. The highest BCUT2D eigenvalue weighted by atomic mass is 28.3. The van der Waals surface area contributed by atoms with Crippen LogP contribution < -0.4 is 0 Å². The lowest BCUT2D eigenvalue weighted by Crippen LogP contribution is -2.52. The SMILES string of the molecule is CC(C)[Si](C(C)C)(C(C)C)n1ccc2cc(CC3(Cc4ccccc4)CCCN3C(=O)OC(C)(C)C)ccc21. The van der Waals surface area contributed by atoms with Gasteiger partial charge in [-0.3, -0.25) is 0 Å². The summed E-state index contributed by atoms with van der Waals surface area (Å²) in [4.78, 5) is 15.5. The summed E-state index contributed by atoms with van der Waals surface area (Å²) in [6.07, 6.45) is 5.80. The number of aromatic nitrogens is 1. The van der Waals surface area contributed by atoms with Gasteiger partial charge in [-0.05, 0) is 104 Å². The van der Waals surface area contributed by atoms with Gasteiger partial charge in [-0.15, -0.1) is 0 Å². The van der Waals surface area contributed by atoms with Crippen LogP contribution in [0.2, 0.25) is 16.6 Å². The molecule has 212 valence electrons. The fourth-order valence-electron chi connectivity index (χ4n) is 7.80. The summed E-state index contributed by atoms with van der Waals surface area (Å²) in [5, 5.41) is 1.31. The van der Waals surface area contributed by atoms with Crippen LogP contribution in [0.4, 0.5) is 4.79 Å². The second-order valence-electron chi connectivity index (χ2n) is 13.7. The van der Waals surface area contributed by atoms with Crippen LogP contribution in [0, 0.1) is 0 Å². The number of ether oxygens (including phenoxy) is 1. The number of hydrogen-bond acceptors (Lipinski definition) is 2. The van der Waals surface area contributed by atoms with Gasteiger partial charge in [-0.25, -0.2) is 4.79 Å². The molecular formula is C34H50N2O2Si. The average Bonchev–Trinajstić information content (AvgIpc) is 3.43. The summed E-state index contributed by atoms with van der Waals surface area (Å²) in [5.74, 6) is 0. The van der Waals surface area contributed by atoms with Crippen molar-refractivity contribution >= 4 is 25.2 Å². The van der Waals surface area contributed by atoms with E-state index in [1.165, 1.54) is 22.0 Å². The average molecular weight is 547 g/mol. The number of benzene rings is 2. The van der Waals surface area contributed by atoms with Gasteiger partial charge in [0.1, 0.15) is 5.60 Å². The van der Waals surface area contributed by atoms with E-state index in [4.69, 9.17) is 4.74 Å². The molecule has 1 aliphatic rings. The Kier molecular flexibility index (Phi) is 8.42. The van der Waals surface area contributed by atoms with E-state index in [0.717, 1.165) is 32.2 Å². The molecule has 0 radical (unpaired) electrons. The lowest BCUT2D eigenvalue weighted by Gasteiger charge is -2.44. The number of carbonyl (C=O) groups is 1. The number of nitrogens with zero attached hydrogens (tertiary/aromatic N) is 2. The van der Waals surface area contributed by atoms with Crippen molar-refractivity contribution in [2.45, 2.75) is 116 Å². The molecule has 3 aromatic rings. The summed E-state index contributed by atoms with van der Waals surface area (Å²) >= 11 is 0. The lowest BCUT2D eigenvalue weighted by molar-refractivity contribution is 0.00773. The van der Waals surface area contributed by atoms with E-state index in [-0.39, 0.29) is 11.6 Å². The van der Waals surface area contributed by atoms with Crippen LogP contribution in [0.15, 0.2) is 60.8 Å². The maximum Gasteiger partial charge on any atom is 0.410 e. The summed E-state index contributed by atoms with van der Waals surface area (Å²) < 4.78 is 8.61. The number of fused-ring (bicyclic) bond motifs is 1. The normalized spacial score (nSPS) is 18.6. The summed E-state index contributed by atoms with van der Waals surface area (Å²) in [5.41, 5.74) is 5.02.